The third kappa shape index (κ3) is 6.24. The minimum Gasteiger partial charge on any atom is -0.507 e. The first-order chi connectivity index (χ1) is 23.1. The standard InChI is InChI=1S/C41H49NO5Si/c1-6-23-42-39(44)33-25-30(26-47-48(41(3,4)5,31-16-9-7-10-17-31)32-18-11-8-12-19-32)37-34(38(33)40(42)45)27-46-36(37)22-21-28(2)24-29-15-13-14-20-35(29)43/h7-20,24,33-34,36,38,43H,6,21-23,25-27H2,1-5H3/b28-24+/t33-,34+,36-,38-/m1/s1. The molecule has 2 aliphatic heterocycles. The number of hydrogen-bond donors (Lipinski definition) is 1. The van der Waals surface area contributed by atoms with Crippen LogP contribution in [0.2, 0.25) is 5.04 Å². The fourth-order valence-electron chi connectivity index (χ4n) is 8.38. The lowest BCUT2D eigenvalue weighted by Gasteiger charge is -2.44. The van der Waals surface area contributed by atoms with E-state index < -0.39 is 8.32 Å². The van der Waals surface area contributed by atoms with E-state index in [4.69, 9.17) is 9.16 Å². The molecule has 1 N–H and O–H groups in total. The Kier molecular flexibility index (Phi) is 9.93. The number of carbonyl (C=O) groups is 2. The van der Waals surface area contributed by atoms with Crippen molar-refractivity contribution in [2.45, 2.75) is 71.4 Å². The van der Waals surface area contributed by atoms with Crippen LogP contribution in [0, 0.1) is 17.8 Å². The van der Waals surface area contributed by atoms with Crippen LogP contribution in [0.4, 0.5) is 0 Å². The minimum atomic E-state index is -2.84. The maximum absolute atomic E-state index is 13.8. The lowest BCUT2D eigenvalue weighted by Crippen LogP contribution is -2.66. The van der Waals surface area contributed by atoms with Gasteiger partial charge in [0.1, 0.15) is 5.75 Å². The molecule has 2 fully saturated rings. The highest BCUT2D eigenvalue weighted by Crippen LogP contribution is 2.50. The van der Waals surface area contributed by atoms with Crippen LogP contribution >= 0.6 is 0 Å². The molecule has 7 heteroatoms. The summed E-state index contributed by atoms with van der Waals surface area (Å²) in [4.78, 5) is 29.0. The molecule has 0 bridgehead atoms. The van der Waals surface area contributed by atoms with Crippen LogP contribution in [-0.2, 0) is 18.8 Å². The number of hydrogen-bond acceptors (Lipinski definition) is 5. The summed E-state index contributed by atoms with van der Waals surface area (Å²) in [5, 5.41) is 12.6. The molecular weight excluding hydrogens is 615 g/mol. The van der Waals surface area contributed by atoms with Crippen molar-refractivity contribution in [3.05, 3.63) is 107 Å². The molecular formula is C41H49NO5Si. The number of fused-ring (bicyclic) bond motifs is 3. The quantitative estimate of drug-likeness (QED) is 0.138. The van der Waals surface area contributed by atoms with Crippen LogP contribution < -0.4 is 10.4 Å². The number of aromatic hydroxyl groups is 1. The smallest absolute Gasteiger partial charge is 0.261 e. The summed E-state index contributed by atoms with van der Waals surface area (Å²) in [6.45, 7) is 12.2. The molecule has 1 aliphatic carbocycles. The van der Waals surface area contributed by atoms with Crippen molar-refractivity contribution in [2.24, 2.45) is 17.8 Å². The van der Waals surface area contributed by atoms with Crippen LogP contribution in [0.25, 0.3) is 6.08 Å². The fourth-order valence-corrected chi connectivity index (χ4v) is 12.9. The second kappa shape index (κ2) is 14.0. The number of para-hydroxylation sites is 1. The van der Waals surface area contributed by atoms with E-state index in [1.54, 1.807) is 6.07 Å². The van der Waals surface area contributed by atoms with E-state index in [1.807, 2.05) is 43.3 Å². The Bertz CT molecular complexity index is 1650. The molecule has 252 valence electrons. The van der Waals surface area contributed by atoms with Crippen molar-refractivity contribution in [1.82, 2.24) is 4.90 Å². The summed E-state index contributed by atoms with van der Waals surface area (Å²) in [6, 6.07) is 28.6. The summed E-state index contributed by atoms with van der Waals surface area (Å²) in [7, 11) is -2.84. The molecule has 48 heavy (non-hydrogen) atoms. The number of allylic oxidation sites excluding steroid dienone is 1. The van der Waals surface area contributed by atoms with Crippen molar-refractivity contribution in [2.75, 3.05) is 19.8 Å². The number of rotatable bonds is 11. The van der Waals surface area contributed by atoms with Crippen LogP contribution in [-0.4, -0.2) is 56.0 Å². The van der Waals surface area contributed by atoms with E-state index in [-0.39, 0.29) is 46.5 Å². The van der Waals surface area contributed by atoms with Crippen molar-refractivity contribution in [3.63, 3.8) is 0 Å². The molecule has 2 saturated heterocycles. The Morgan fingerprint density at radius 3 is 2.17 bits per heavy atom. The highest BCUT2D eigenvalue weighted by molar-refractivity contribution is 6.99. The van der Waals surface area contributed by atoms with Crippen molar-refractivity contribution in [1.29, 1.82) is 0 Å². The Morgan fingerprint density at radius 2 is 1.56 bits per heavy atom. The van der Waals surface area contributed by atoms with E-state index >= 15 is 0 Å². The number of benzene rings is 3. The van der Waals surface area contributed by atoms with Gasteiger partial charge in [-0.1, -0.05) is 118 Å². The number of amides is 2. The molecule has 4 atom stereocenters. The molecule has 0 saturated carbocycles. The van der Waals surface area contributed by atoms with Gasteiger partial charge in [-0.3, -0.25) is 14.5 Å². The SMILES string of the molecule is CCCN1C(=O)[C@@H]2[C@@H](CC(CO[Si](c3ccccc3)(c3ccccc3)C(C)(C)C)=C3[C@@H](CC/C(C)=C/c4ccccc4O)OC[C@@H]32)C1=O. The van der Waals surface area contributed by atoms with E-state index in [9.17, 15) is 14.7 Å². The van der Waals surface area contributed by atoms with Gasteiger partial charge >= 0.3 is 0 Å². The predicted molar refractivity (Wildman–Crippen MR) is 193 cm³/mol. The van der Waals surface area contributed by atoms with E-state index in [1.165, 1.54) is 20.8 Å². The van der Waals surface area contributed by atoms with Gasteiger partial charge in [0, 0.05) is 18.0 Å². The van der Waals surface area contributed by atoms with Gasteiger partial charge in [-0.25, -0.2) is 0 Å². The van der Waals surface area contributed by atoms with Gasteiger partial charge in [0.15, 0.2) is 0 Å². The van der Waals surface area contributed by atoms with Gasteiger partial charge in [0.2, 0.25) is 11.8 Å². The summed E-state index contributed by atoms with van der Waals surface area (Å²) >= 11 is 0. The van der Waals surface area contributed by atoms with Crippen LogP contribution in [0.3, 0.4) is 0 Å². The summed E-state index contributed by atoms with van der Waals surface area (Å²) in [6.07, 6.45) is 4.66. The Labute approximate surface area is 286 Å². The first-order valence-electron chi connectivity index (χ1n) is 17.5. The molecule has 2 heterocycles. The number of likely N-dealkylation sites (tertiary alicyclic amines) is 1. The molecule has 0 aromatic heterocycles. The van der Waals surface area contributed by atoms with Crippen molar-refractivity contribution < 1.29 is 23.9 Å². The third-order valence-electron chi connectivity index (χ3n) is 10.6. The second-order valence-corrected chi connectivity index (χ2v) is 19.0. The first kappa shape index (κ1) is 34.1. The van der Waals surface area contributed by atoms with Gasteiger partial charge < -0.3 is 14.3 Å². The van der Waals surface area contributed by atoms with Gasteiger partial charge in [-0.15, -0.1) is 0 Å². The Hall–Kier alpha value is -3.78. The summed E-state index contributed by atoms with van der Waals surface area (Å²) < 4.78 is 14.0. The Morgan fingerprint density at radius 1 is 0.938 bits per heavy atom. The van der Waals surface area contributed by atoms with Crippen LogP contribution in [0.5, 0.6) is 5.75 Å². The average molecular weight is 664 g/mol. The van der Waals surface area contributed by atoms with Crippen LogP contribution in [0.15, 0.2) is 102 Å². The number of ether oxygens (including phenoxy) is 1. The average Bonchev–Trinajstić information content (AvgIpc) is 3.60. The zero-order valence-corrected chi connectivity index (χ0v) is 29.9. The normalized spacial score (nSPS) is 23.1. The molecule has 2 amide bonds. The Balaban J connectivity index is 1.38. The molecule has 0 unspecified atom stereocenters. The van der Waals surface area contributed by atoms with Gasteiger partial charge in [0.25, 0.3) is 8.32 Å². The van der Waals surface area contributed by atoms with E-state index in [0.29, 0.717) is 26.2 Å². The van der Waals surface area contributed by atoms with Gasteiger partial charge in [-0.05, 0) is 65.2 Å². The van der Waals surface area contributed by atoms with Crippen molar-refractivity contribution >= 4 is 36.6 Å². The molecule has 6 rings (SSSR count). The molecule has 6 nitrogen and oxygen atoms in total. The molecule has 0 radical (unpaired) electrons. The molecule has 3 aromatic rings. The lowest BCUT2D eigenvalue weighted by molar-refractivity contribution is -0.140. The maximum Gasteiger partial charge on any atom is 0.261 e. The number of phenols is 1. The number of carbonyl (C=O) groups excluding carboxylic acids is 2. The number of nitrogens with zero attached hydrogens (tertiary/aromatic N) is 1. The molecule has 3 aromatic carbocycles. The van der Waals surface area contributed by atoms with Crippen LogP contribution in [0.1, 0.15) is 65.9 Å². The molecule has 0 spiro atoms. The third-order valence-corrected chi connectivity index (χ3v) is 15.5. The second-order valence-electron chi connectivity index (χ2n) is 14.7. The van der Waals surface area contributed by atoms with Crippen molar-refractivity contribution in [3.8, 4) is 5.75 Å². The predicted octanol–water partition coefficient (Wildman–Crippen LogP) is 6.88. The molecule has 3 aliphatic rings. The zero-order valence-electron chi connectivity index (χ0n) is 28.9. The zero-order chi connectivity index (χ0) is 34.1. The van der Waals surface area contributed by atoms with E-state index in [0.717, 1.165) is 36.0 Å². The summed E-state index contributed by atoms with van der Waals surface area (Å²) in [5.74, 6) is -0.703. The van der Waals surface area contributed by atoms with Gasteiger partial charge in [0.05, 0.1) is 31.2 Å². The number of phenolic OH excluding ortho intramolecular Hbond substituents is 1. The topological polar surface area (TPSA) is 76.1 Å². The monoisotopic (exact) mass is 663 g/mol. The van der Waals surface area contributed by atoms with Gasteiger partial charge in [-0.2, -0.15) is 0 Å². The lowest BCUT2D eigenvalue weighted by atomic mass is 9.69. The van der Waals surface area contributed by atoms with E-state index in [2.05, 4.69) is 76.2 Å². The largest absolute Gasteiger partial charge is 0.507 e. The number of imide groups is 1. The first-order valence-corrected chi connectivity index (χ1v) is 19.4. The minimum absolute atomic E-state index is 0.0406. The fraction of sp³-hybridized carbons (Fsp3) is 0.415. The summed E-state index contributed by atoms with van der Waals surface area (Å²) in [5.41, 5.74) is 4.23. The highest BCUT2D eigenvalue weighted by atomic mass is 28.4. The maximum atomic E-state index is 13.8. The highest BCUT2D eigenvalue weighted by Gasteiger charge is 2.57.